The van der Waals surface area contributed by atoms with Gasteiger partial charge >= 0.3 is 0 Å². The van der Waals surface area contributed by atoms with Gasteiger partial charge < -0.3 is 9.30 Å². The van der Waals surface area contributed by atoms with Gasteiger partial charge in [-0.1, -0.05) is 29.4 Å². The molecule has 0 saturated carbocycles. The lowest BCUT2D eigenvalue weighted by atomic mass is 10.2. The smallest absolute Gasteiger partial charge is 0.250 e. The second-order valence-corrected chi connectivity index (χ2v) is 7.35. The number of nitrogens with zero attached hydrogens (tertiary/aromatic N) is 4. The molecule has 0 unspecified atom stereocenters. The Labute approximate surface area is 182 Å². The number of nitrogens with one attached hydrogen (secondary N) is 1. The third-order valence-corrected chi connectivity index (χ3v) is 5.39. The van der Waals surface area contributed by atoms with Gasteiger partial charge in [0, 0.05) is 17.7 Å². The first-order chi connectivity index (χ1) is 14.5. The highest BCUT2D eigenvalue weighted by atomic mass is 35.5. The van der Waals surface area contributed by atoms with Crippen molar-refractivity contribution in [3.05, 3.63) is 58.9 Å². The van der Waals surface area contributed by atoms with Gasteiger partial charge in [-0.2, -0.15) is 5.10 Å². The van der Waals surface area contributed by atoms with E-state index in [1.807, 2.05) is 35.8 Å². The number of carbonyl (C=O) groups excluding carboxylic acids is 1. The Morgan fingerprint density at radius 3 is 2.73 bits per heavy atom. The van der Waals surface area contributed by atoms with E-state index in [4.69, 9.17) is 16.3 Å². The molecular weight excluding hydrogens is 429 g/mol. The average Bonchev–Trinajstić information content (AvgIpc) is 3.17. The summed E-state index contributed by atoms with van der Waals surface area (Å²) in [7, 11) is 1.61. The van der Waals surface area contributed by atoms with E-state index in [9.17, 15) is 9.18 Å². The fraction of sp³-hybridized carbons (Fsp3) is 0.200. The fourth-order valence-corrected chi connectivity index (χ4v) is 3.61. The third kappa shape index (κ3) is 5.17. The maximum Gasteiger partial charge on any atom is 0.250 e. The highest BCUT2D eigenvalue weighted by Crippen LogP contribution is 2.25. The minimum absolute atomic E-state index is 0.0725. The normalized spacial score (nSPS) is 11.1. The van der Waals surface area contributed by atoms with Crippen LogP contribution < -0.4 is 10.2 Å². The average molecular weight is 448 g/mol. The number of methoxy groups -OCH3 is 1. The van der Waals surface area contributed by atoms with Gasteiger partial charge in [-0.15, -0.1) is 10.2 Å². The molecular formula is C20H19ClFN5O2S. The van der Waals surface area contributed by atoms with Crippen LogP contribution in [-0.2, 0) is 11.3 Å². The number of amides is 1. The van der Waals surface area contributed by atoms with Crippen LogP contribution in [-0.4, -0.2) is 39.7 Å². The van der Waals surface area contributed by atoms with E-state index in [2.05, 4.69) is 20.7 Å². The SMILES string of the molecule is CCn1c(SCC(=O)N/N=C\c2c(F)cccc2Cl)nnc1-c1ccc(OC)cc1. The van der Waals surface area contributed by atoms with Gasteiger partial charge in [0.1, 0.15) is 11.6 Å². The quantitative estimate of drug-likeness (QED) is 0.320. The number of rotatable bonds is 8. The lowest BCUT2D eigenvalue weighted by molar-refractivity contribution is -0.118. The molecule has 1 aromatic heterocycles. The number of aromatic nitrogens is 3. The van der Waals surface area contributed by atoms with Crippen LogP contribution in [0.25, 0.3) is 11.4 Å². The van der Waals surface area contributed by atoms with E-state index in [1.54, 1.807) is 13.2 Å². The number of ether oxygens (including phenoxy) is 1. The predicted molar refractivity (Wildman–Crippen MR) is 116 cm³/mol. The zero-order valence-electron chi connectivity index (χ0n) is 16.3. The van der Waals surface area contributed by atoms with Crippen molar-refractivity contribution < 1.29 is 13.9 Å². The lowest BCUT2D eigenvalue weighted by Crippen LogP contribution is -2.20. The fourth-order valence-electron chi connectivity index (χ4n) is 2.60. The topological polar surface area (TPSA) is 81.4 Å². The van der Waals surface area contributed by atoms with Crippen LogP contribution in [0.1, 0.15) is 12.5 Å². The van der Waals surface area contributed by atoms with E-state index in [-0.39, 0.29) is 22.2 Å². The second kappa shape index (κ2) is 10.2. The van der Waals surface area contributed by atoms with Crippen molar-refractivity contribution in [1.29, 1.82) is 0 Å². The van der Waals surface area contributed by atoms with Crippen molar-refractivity contribution in [2.45, 2.75) is 18.6 Å². The number of carbonyl (C=O) groups is 1. The summed E-state index contributed by atoms with van der Waals surface area (Å²) < 4.78 is 20.8. The summed E-state index contributed by atoms with van der Waals surface area (Å²) in [4.78, 5) is 12.1. The number of hydrogen-bond acceptors (Lipinski definition) is 6. The molecule has 1 amide bonds. The molecule has 0 aliphatic rings. The molecule has 0 bridgehead atoms. The van der Waals surface area contributed by atoms with Crippen molar-refractivity contribution in [2.24, 2.45) is 5.10 Å². The van der Waals surface area contributed by atoms with Gasteiger partial charge in [0.15, 0.2) is 11.0 Å². The van der Waals surface area contributed by atoms with Crippen molar-refractivity contribution >= 4 is 35.5 Å². The zero-order valence-corrected chi connectivity index (χ0v) is 17.9. The molecule has 7 nitrogen and oxygen atoms in total. The van der Waals surface area contributed by atoms with Crippen molar-refractivity contribution in [3.8, 4) is 17.1 Å². The lowest BCUT2D eigenvalue weighted by Gasteiger charge is -2.07. The number of thioether (sulfide) groups is 1. The predicted octanol–water partition coefficient (Wildman–Crippen LogP) is 4.01. The molecule has 0 fully saturated rings. The van der Waals surface area contributed by atoms with Gasteiger partial charge in [0.05, 0.1) is 24.1 Å². The van der Waals surface area contributed by atoms with E-state index in [0.717, 1.165) is 11.3 Å². The molecule has 3 aromatic rings. The standard InChI is InChI=1S/C20H19ClFN5O2S/c1-3-27-19(13-7-9-14(29-2)10-8-13)25-26-20(27)30-12-18(28)24-23-11-15-16(21)5-4-6-17(15)22/h4-11H,3,12H2,1-2H3,(H,24,28)/b23-11-. The number of benzene rings is 2. The maximum absolute atomic E-state index is 13.7. The van der Waals surface area contributed by atoms with E-state index in [0.29, 0.717) is 17.5 Å². The summed E-state index contributed by atoms with van der Waals surface area (Å²) in [5, 5.41) is 13.0. The van der Waals surface area contributed by atoms with Gasteiger partial charge in [-0.05, 0) is 43.3 Å². The van der Waals surface area contributed by atoms with Crippen molar-refractivity contribution in [3.63, 3.8) is 0 Å². The zero-order chi connectivity index (χ0) is 21.5. The maximum atomic E-state index is 13.7. The summed E-state index contributed by atoms with van der Waals surface area (Å²) in [6.07, 6.45) is 1.18. The molecule has 1 heterocycles. The highest BCUT2D eigenvalue weighted by Gasteiger charge is 2.14. The number of hydrazone groups is 1. The van der Waals surface area contributed by atoms with Crippen LogP contribution in [0.3, 0.4) is 0 Å². The first-order valence-corrected chi connectivity index (χ1v) is 10.4. The molecule has 0 aliphatic carbocycles. The van der Waals surface area contributed by atoms with Gasteiger partial charge in [0.2, 0.25) is 0 Å². The van der Waals surface area contributed by atoms with Crippen LogP contribution in [0.5, 0.6) is 5.75 Å². The Hall–Kier alpha value is -2.91. The summed E-state index contributed by atoms with van der Waals surface area (Å²) in [6, 6.07) is 11.8. The van der Waals surface area contributed by atoms with Crippen LogP contribution in [0.2, 0.25) is 5.02 Å². The molecule has 156 valence electrons. The Morgan fingerprint density at radius 2 is 2.07 bits per heavy atom. The minimum atomic E-state index is -0.517. The minimum Gasteiger partial charge on any atom is -0.497 e. The molecule has 0 radical (unpaired) electrons. The summed E-state index contributed by atoms with van der Waals surface area (Å²) >= 11 is 7.15. The van der Waals surface area contributed by atoms with Gasteiger partial charge in [-0.3, -0.25) is 4.79 Å². The summed E-state index contributed by atoms with van der Waals surface area (Å²) in [6.45, 7) is 2.62. The van der Waals surface area contributed by atoms with E-state index >= 15 is 0 Å². The Bertz CT molecular complexity index is 1040. The molecule has 10 heteroatoms. The van der Waals surface area contributed by atoms with Gasteiger partial charge in [-0.25, -0.2) is 9.82 Å². The molecule has 2 aromatic carbocycles. The van der Waals surface area contributed by atoms with E-state index in [1.165, 1.54) is 30.1 Å². The Morgan fingerprint density at radius 1 is 1.30 bits per heavy atom. The molecule has 0 aliphatic heterocycles. The van der Waals surface area contributed by atoms with Crippen LogP contribution >= 0.6 is 23.4 Å². The van der Waals surface area contributed by atoms with Crippen LogP contribution in [0.4, 0.5) is 4.39 Å². The van der Waals surface area contributed by atoms with Crippen LogP contribution in [0, 0.1) is 5.82 Å². The van der Waals surface area contributed by atoms with Crippen LogP contribution in [0.15, 0.2) is 52.7 Å². The Kier molecular flexibility index (Phi) is 7.42. The molecule has 1 N–H and O–H groups in total. The van der Waals surface area contributed by atoms with E-state index < -0.39 is 5.82 Å². The number of hydrogen-bond donors (Lipinski definition) is 1. The summed E-state index contributed by atoms with van der Waals surface area (Å²) in [5.74, 6) is 0.653. The monoisotopic (exact) mass is 447 g/mol. The highest BCUT2D eigenvalue weighted by molar-refractivity contribution is 7.99. The largest absolute Gasteiger partial charge is 0.497 e. The van der Waals surface area contributed by atoms with Gasteiger partial charge in [0.25, 0.3) is 5.91 Å². The molecule has 3 rings (SSSR count). The number of halogens is 2. The third-order valence-electron chi connectivity index (χ3n) is 4.10. The van der Waals surface area contributed by atoms with Crippen molar-refractivity contribution in [1.82, 2.24) is 20.2 Å². The molecule has 0 atom stereocenters. The summed E-state index contributed by atoms with van der Waals surface area (Å²) in [5.41, 5.74) is 3.37. The second-order valence-electron chi connectivity index (χ2n) is 6.00. The molecule has 0 spiro atoms. The molecule has 30 heavy (non-hydrogen) atoms. The first-order valence-electron chi connectivity index (χ1n) is 8.99. The molecule has 0 saturated heterocycles. The Balaban J connectivity index is 1.62. The first kappa shape index (κ1) is 21.8. The van der Waals surface area contributed by atoms with Crippen molar-refractivity contribution in [2.75, 3.05) is 12.9 Å².